The molecule has 0 radical (unpaired) electrons. The Bertz CT molecular complexity index is 694. The topological polar surface area (TPSA) is 41.6 Å². The Morgan fingerprint density at radius 2 is 1.95 bits per heavy atom. The van der Waals surface area contributed by atoms with Gasteiger partial charge in [-0.15, -0.1) is 0 Å². The molecule has 0 spiro atoms. The van der Waals surface area contributed by atoms with Gasteiger partial charge >= 0.3 is 0 Å². The van der Waals surface area contributed by atoms with Crippen LogP contribution in [0.3, 0.4) is 0 Å². The van der Waals surface area contributed by atoms with Gasteiger partial charge < -0.3 is 15.0 Å². The molecule has 1 amide bonds. The fourth-order valence-electron chi connectivity index (χ4n) is 2.56. The Balaban J connectivity index is 1.86. The van der Waals surface area contributed by atoms with Crippen molar-refractivity contribution in [2.45, 2.75) is 6.17 Å². The predicted molar refractivity (Wildman–Crippen MR) is 87.0 cm³/mol. The number of hydrogen-bond donors (Lipinski definition) is 1. The Kier molecular flexibility index (Phi) is 3.83. The molecular formula is C18H18N2O2. The van der Waals surface area contributed by atoms with E-state index in [9.17, 15) is 4.79 Å². The van der Waals surface area contributed by atoms with Gasteiger partial charge in [0.15, 0.2) is 0 Å². The van der Waals surface area contributed by atoms with Crippen molar-refractivity contribution in [3.63, 3.8) is 0 Å². The number of benzene rings is 2. The quantitative estimate of drug-likeness (QED) is 0.878. The van der Waals surface area contributed by atoms with Gasteiger partial charge in [-0.1, -0.05) is 36.9 Å². The van der Waals surface area contributed by atoms with Crippen LogP contribution in [0.25, 0.3) is 0 Å². The fraction of sp³-hybridized carbons (Fsp3) is 0.167. The maximum absolute atomic E-state index is 12.5. The second-order valence-electron chi connectivity index (χ2n) is 5.18. The van der Waals surface area contributed by atoms with Crippen molar-refractivity contribution in [2.75, 3.05) is 19.0 Å². The maximum atomic E-state index is 12.5. The lowest BCUT2D eigenvalue weighted by atomic mass is 10.0. The summed E-state index contributed by atoms with van der Waals surface area (Å²) in [5, 5.41) is 3.40. The van der Waals surface area contributed by atoms with Gasteiger partial charge in [0.1, 0.15) is 18.5 Å². The van der Waals surface area contributed by atoms with Crippen LogP contribution in [-0.2, 0) is 0 Å². The molecule has 0 saturated carbocycles. The van der Waals surface area contributed by atoms with Crippen LogP contribution in [0.4, 0.5) is 5.69 Å². The van der Waals surface area contributed by atoms with Gasteiger partial charge in [0, 0.05) is 12.7 Å². The number of para-hydroxylation sites is 1. The van der Waals surface area contributed by atoms with Gasteiger partial charge in [0.2, 0.25) is 0 Å². The van der Waals surface area contributed by atoms with E-state index >= 15 is 0 Å². The van der Waals surface area contributed by atoms with Crippen LogP contribution < -0.4 is 10.1 Å². The van der Waals surface area contributed by atoms with Gasteiger partial charge in [-0.2, -0.15) is 0 Å². The molecule has 1 atom stereocenters. The van der Waals surface area contributed by atoms with E-state index in [0.29, 0.717) is 12.2 Å². The third-order valence-electron chi connectivity index (χ3n) is 3.72. The Hall–Kier alpha value is -2.75. The SMILES string of the molecule is C=CCOc1ccc(C2Nc3ccccc3C(=O)N2C)cc1. The molecule has 2 aromatic rings. The summed E-state index contributed by atoms with van der Waals surface area (Å²) in [5.74, 6) is 0.806. The number of anilines is 1. The minimum Gasteiger partial charge on any atom is -0.490 e. The smallest absolute Gasteiger partial charge is 0.257 e. The van der Waals surface area contributed by atoms with Crippen molar-refractivity contribution >= 4 is 11.6 Å². The summed E-state index contributed by atoms with van der Waals surface area (Å²) >= 11 is 0. The van der Waals surface area contributed by atoms with Gasteiger partial charge in [0.25, 0.3) is 5.91 Å². The molecule has 112 valence electrons. The molecule has 0 bridgehead atoms. The normalized spacial score (nSPS) is 16.7. The lowest BCUT2D eigenvalue weighted by Gasteiger charge is -2.35. The number of ether oxygens (including phenoxy) is 1. The first-order valence-electron chi connectivity index (χ1n) is 7.17. The number of rotatable bonds is 4. The van der Waals surface area contributed by atoms with Gasteiger partial charge in [-0.3, -0.25) is 4.79 Å². The standard InChI is InChI=1S/C18H18N2O2/c1-3-12-22-14-10-8-13(9-11-14)17-19-16-7-5-4-6-15(16)18(21)20(17)2/h3-11,17,19H,1,12H2,2H3. The summed E-state index contributed by atoms with van der Waals surface area (Å²) in [6.45, 7) is 4.11. The van der Waals surface area contributed by atoms with Crippen molar-refractivity contribution in [1.82, 2.24) is 4.90 Å². The van der Waals surface area contributed by atoms with E-state index in [-0.39, 0.29) is 12.1 Å². The van der Waals surface area contributed by atoms with E-state index in [0.717, 1.165) is 17.0 Å². The van der Waals surface area contributed by atoms with Crippen LogP contribution in [-0.4, -0.2) is 24.5 Å². The first-order valence-corrected chi connectivity index (χ1v) is 7.17. The highest BCUT2D eigenvalue weighted by molar-refractivity contribution is 6.01. The summed E-state index contributed by atoms with van der Waals surface area (Å²) < 4.78 is 5.48. The van der Waals surface area contributed by atoms with Gasteiger partial charge in [0.05, 0.1) is 5.56 Å². The van der Waals surface area contributed by atoms with Crippen molar-refractivity contribution < 1.29 is 9.53 Å². The lowest BCUT2D eigenvalue weighted by Crippen LogP contribution is -2.40. The van der Waals surface area contributed by atoms with Crippen molar-refractivity contribution in [1.29, 1.82) is 0 Å². The monoisotopic (exact) mass is 294 g/mol. The highest BCUT2D eigenvalue weighted by Gasteiger charge is 2.29. The zero-order valence-corrected chi connectivity index (χ0v) is 12.5. The Morgan fingerprint density at radius 3 is 2.68 bits per heavy atom. The van der Waals surface area contributed by atoms with Crippen molar-refractivity contribution in [3.05, 3.63) is 72.3 Å². The molecule has 0 aliphatic carbocycles. The zero-order valence-electron chi connectivity index (χ0n) is 12.5. The summed E-state index contributed by atoms with van der Waals surface area (Å²) in [6.07, 6.45) is 1.52. The summed E-state index contributed by atoms with van der Waals surface area (Å²) in [6, 6.07) is 15.3. The predicted octanol–water partition coefficient (Wildman–Crippen LogP) is 3.45. The largest absolute Gasteiger partial charge is 0.490 e. The van der Waals surface area contributed by atoms with Gasteiger partial charge in [-0.05, 0) is 29.8 Å². The highest BCUT2D eigenvalue weighted by Crippen LogP contribution is 2.32. The fourth-order valence-corrected chi connectivity index (χ4v) is 2.56. The number of hydrogen-bond acceptors (Lipinski definition) is 3. The number of carbonyl (C=O) groups is 1. The summed E-state index contributed by atoms with van der Waals surface area (Å²) in [4.78, 5) is 14.2. The average Bonchev–Trinajstić information content (AvgIpc) is 2.57. The summed E-state index contributed by atoms with van der Waals surface area (Å²) in [5.41, 5.74) is 2.58. The van der Waals surface area contributed by atoms with E-state index in [1.165, 1.54) is 0 Å². The molecule has 0 aromatic heterocycles. The third-order valence-corrected chi connectivity index (χ3v) is 3.72. The molecule has 0 saturated heterocycles. The molecule has 4 nitrogen and oxygen atoms in total. The summed E-state index contributed by atoms with van der Waals surface area (Å²) in [7, 11) is 1.80. The van der Waals surface area contributed by atoms with Crippen LogP contribution in [0.2, 0.25) is 0 Å². The molecule has 4 heteroatoms. The Labute approximate surface area is 130 Å². The number of fused-ring (bicyclic) bond motifs is 1. The van der Waals surface area contributed by atoms with E-state index in [1.807, 2.05) is 48.5 Å². The van der Waals surface area contributed by atoms with Crippen LogP contribution in [0.1, 0.15) is 22.1 Å². The lowest BCUT2D eigenvalue weighted by molar-refractivity contribution is 0.0735. The molecule has 0 fully saturated rings. The average molecular weight is 294 g/mol. The van der Waals surface area contributed by atoms with Crippen LogP contribution in [0, 0.1) is 0 Å². The maximum Gasteiger partial charge on any atom is 0.257 e. The molecule has 1 unspecified atom stereocenters. The molecule has 3 rings (SSSR count). The molecule has 1 aliphatic heterocycles. The van der Waals surface area contributed by atoms with Crippen molar-refractivity contribution in [2.24, 2.45) is 0 Å². The van der Waals surface area contributed by atoms with E-state index in [2.05, 4.69) is 11.9 Å². The molecule has 22 heavy (non-hydrogen) atoms. The van der Waals surface area contributed by atoms with E-state index < -0.39 is 0 Å². The number of carbonyl (C=O) groups excluding carboxylic acids is 1. The minimum atomic E-state index is -0.184. The first kappa shape index (κ1) is 14.2. The molecule has 1 N–H and O–H groups in total. The molecule has 1 heterocycles. The van der Waals surface area contributed by atoms with Gasteiger partial charge in [-0.25, -0.2) is 0 Å². The number of nitrogens with zero attached hydrogens (tertiary/aromatic N) is 1. The molecule has 2 aromatic carbocycles. The van der Waals surface area contributed by atoms with Crippen LogP contribution in [0.5, 0.6) is 5.75 Å². The van der Waals surface area contributed by atoms with Crippen molar-refractivity contribution in [3.8, 4) is 5.75 Å². The second kappa shape index (κ2) is 5.93. The third kappa shape index (κ3) is 2.55. The first-order chi connectivity index (χ1) is 10.7. The number of amides is 1. The van der Waals surface area contributed by atoms with Crippen LogP contribution in [0.15, 0.2) is 61.2 Å². The minimum absolute atomic E-state index is 0.0198. The molecule has 1 aliphatic rings. The van der Waals surface area contributed by atoms with Crippen LogP contribution >= 0.6 is 0 Å². The number of nitrogens with one attached hydrogen (secondary N) is 1. The zero-order chi connectivity index (χ0) is 15.5. The van der Waals surface area contributed by atoms with E-state index in [4.69, 9.17) is 4.74 Å². The van der Waals surface area contributed by atoms with E-state index in [1.54, 1.807) is 18.0 Å². The molecular weight excluding hydrogens is 276 g/mol. The highest BCUT2D eigenvalue weighted by atomic mass is 16.5. The Morgan fingerprint density at radius 1 is 1.23 bits per heavy atom. The second-order valence-corrected chi connectivity index (χ2v) is 5.18.